The summed E-state index contributed by atoms with van der Waals surface area (Å²) in [5.74, 6) is 1.99. The summed E-state index contributed by atoms with van der Waals surface area (Å²) in [5.41, 5.74) is 1.37. The second-order valence-electron chi connectivity index (χ2n) is 6.53. The van der Waals surface area contributed by atoms with E-state index in [1.807, 2.05) is 0 Å². The highest BCUT2D eigenvalue weighted by Gasteiger charge is 2.20. The molecule has 0 fully saturated rings. The van der Waals surface area contributed by atoms with Gasteiger partial charge in [-0.25, -0.2) is 9.13 Å². The molecule has 0 saturated carbocycles. The van der Waals surface area contributed by atoms with Crippen molar-refractivity contribution in [3.05, 3.63) is 54.1 Å². The minimum atomic E-state index is 0.550. The second-order valence-corrected chi connectivity index (χ2v) is 6.53. The molecule has 0 saturated heterocycles. The maximum Gasteiger partial charge on any atom is 0.259 e. The number of hydrogen-bond donors (Lipinski definition) is 0. The third-order valence-electron chi connectivity index (χ3n) is 4.23. The molecule has 2 rings (SSSR count). The van der Waals surface area contributed by atoms with Crippen molar-refractivity contribution >= 4 is 0 Å². The predicted molar refractivity (Wildman–Crippen MR) is 93.0 cm³/mol. The molecule has 0 aliphatic rings. The van der Waals surface area contributed by atoms with Gasteiger partial charge in [0.2, 0.25) is 0 Å². The van der Waals surface area contributed by atoms with Gasteiger partial charge in [-0.15, -0.1) is 0 Å². The van der Waals surface area contributed by atoms with Gasteiger partial charge in [0.15, 0.2) is 0 Å². The van der Waals surface area contributed by atoms with Crippen LogP contribution in [0.3, 0.4) is 0 Å². The molecule has 0 atom stereocenters. The van der Waals surface area contributed by atoms with Crippen molar-refractivity contribution in [2.24, 2.45) is 0 Å². The summed E-state index contributed by atoms with van der Waals surface area (Å²) in [6.07, 6.45) is 11.2. The standard InChI is InChI=1S/C20H31N2/c1-4-5-6-7-11-14-21-15-16-22(20(21)18(2)3)17-19-12-9-8-10-13-19/h8-10,12-13,15-16,18H,4-7,11,14,17H2,1-3H3/q+1. The Morgan fingerprint density at radius 1 is 1.00 bits per heavy atom. The number of nitrogens with zero attached hydrogens (tertiary/aromatic N) is 2. The smallest absolute Gasteiger partial charge is 0.234 e. The van der Waals surface area contributed by atoms with E-state index in [1.165, 1.54) is 43.5 Å². The highest BCUT2D eigenvalue weighted by molar-refractivity contribution is 5.15. The lowest BCUT2D eigenvalue weighted by atomic mass is 10.1. The fourth-order valence-corrected chi connectivity index (χ4v) is 3.13. The zero-order chi connectivity index (χ0) is 15.8. The van der Waals surface area contributed by atoms with Crippen LogP contribution in [0.2, 0.25) is 0 Å². The van der Waals surface area contributed by atoms with E-state index in [1.54, 1.807) is 0 Å². The first-order valence-corrected chi connectivity index (χ1v) is 8.84. The lowest BCUT2D eigenvalue weighted by molar-refractivity contribution is -0.705. The van der Waals surface area contributed by atoms with Gasteiger partial charge in [0.05, 0.1) is 12.5 Å². The minimum Gasteiger partial charge on any atom is -0.234 e. The summed E-state index contributed by atoms with van der Waals surface area (Å²) in [6.45, 7) is 8.99. The van der Waals surface area contributed by atoms with E-state index in [4.69, 9.17) is 0 Å². The van der Waals surface area contributed by atoms with Crippen molar-refractivity contribution in [1.29, 1.82) is 0 Å². The number of benzene rings is 1. The van der Waals surface area contributed by atoms with Crippen LogP contribution < -0.4 is 4.57 Å². The molecule has 2 nitrogen and oxygen atoms in total. The van der Waals surface area contributed by atoms with E-state index in [0.29, 0.717) is 5.92 Å². The number of unbranched alkanes of at least 4 members (excludes halogenated alkanes) is 4. The Morgan fingerprint density at radius 3 is 2.41 bits per heavy atom. The van der Waals surface area contributed by atoms with Crippen molar-refractivity contribution in [3.63, 3.8) is 0 Å². The summed E-state index contributed by atoms with van der Waals surface area (Å²) in [6, 6.07) is 10.7. The zero-order valence-electron chi connectivity index (χ0n) is 14.5. The fourth-order valence-electron chi connectivity index (χ4n) is 3.13. The second kappa shape index (κ2) is 8.77. The van der Waals surface area contributed by atoms with Gasteiger partial charge in [0, 0.05) is 0 Å². The highest BCUT2D eigenvalue weighted by Crippen LogP contribution is 2.13. The number of rotatable bonds is 9. The van der Waals surface area contributed by atoms with Gasteiger partial charge in [-0.05, 0) is 18.4 Å². The molecule has 1 heterocycles. The molecule has 1 aromatic carbocycles. The first-order chi connectivity index (χ1) is 10.7. The number of imidazole rings is 1. The van der Waals surface area contributed by atoms with Crippen LogP contribution >= 0.6 is 0 Å². The van der Waals surface area contributed by atoms with Gasteiger partial charge in [-0.1, -0.05) is 70.4 Å². The van der Waals surface area contributed by atoms with Crippen LogP contribution in [0.15, 0.2) is 42.7 Å². The lowest BCUT2D eigenvalue weighted by Gasteiger charge is -2.08. The first kappa shape index (κ1) is 16.8. The van der Waals surface area contributed by atoms with E-state index in [2.05, 4.69) is 72.6 Å². The monoisotopic (exact) mass is 299 g/mol. The van der Waals surface area contributed by atoms with Gasteiger partial charge in [-0.2, -0.15) is 0 Å². The van der Waals surface area contributed by atoms with Gasteiger partial charge in [-0.3, -0.25) is 0 Å². The summed E-state index contributed by atoms with van der Waals surface area (Å²) in [7, 11) is 0. The Labute approximate surface area is 135 Å². The maximum absolute atomic E-state index is 2.46. The molecule has 22 heavy (non-hydrogen) atoms. The molecule has 120 valence electrons. The van der Waals surface area contributed by atoms with Crippen molar-refractivity contribution in [2.45, 2.75) is 71.9 Å². The lowest BCUT2D eigenvalue weighted by Crippen LogP contribution is -2.38. The van der Waals surface area contributed by atoms with Crippen molar-refractivity contribution < 1.29 is 4.57 Å². The molecule has 1 aromatic heterocycles. The zero-order valence-corrected chi connectivity index (χ0v) is 14.5. The molecule has 0 aliphatic heterocycles. The average molecular weight is 299 g/mol. The molecule has 2 heteroatoms. The maximum atomic E-state index is 2.46. The first-order valence-electron chi connectivity index (χ1n) is 8.84. The molecular formula is C20H31N2+. The van der Waals surface area contributed by atoms with Crippen molar-refractivity contribution in [1.82, 2.24) is 4.57 Å². The molecule has 0 bridgehead atoms. The van der Waals surface area contributed by atoms with Crippen molar-refractivity contribution in [3.8, 4) is 0 Å². The van der Waals surface area contributed by atoms with Gasteiger partial charge < -0.3 is 0 Å². The van der Waals surface area contributed by atoms with E-state index >= 15 is 0 Å². The van der Waals surface area contributed by atoms with Crippen LogP contribution in [-0.2, 0) is 13.1 Å². The third-order valence-corrected chi connectivity index (χ3v) is 4.23. The topological polar surface area (TPSA) is 8.81 Å². The molecule has 0 radical (unpaired) electrons. The van der Waals surface area contributed by atoms with Crippen LogP contribution in [0.5, 0.6) is 0 Å². The summed E-state index contributed by atoms with van der Waals surface area (Å²) < 4.78 is 4.87. The fraction of sp³-hybridized carbons (Fsp3) is 0.550. The summed E-state index contributed by atoms with van der Waals surface area (Å²) in [4.78, 5) is 0. The number of aromatic nitrogens is 2. The molecular weight excluding hydrogens is 268 g/mol. The van der Waals surface area contributed by atoms with Crippen LogP contribution in [0.1, 0.15) is 70.2 Å². The van der Waals surface area contributed by atoms with Crippen LogP contribution in [0, 0.1) is 0 Å². The van der Waals surface area contributed by atoms with E-state index in [0.717, 1.165) is 13.1 Å². The normalized spacial score (nSPS) is 11.3. The third kappa shape index (κ3) is 4.72. The quantitative estimate of drug-likeness (QED) is 0.459. The van der Waals surface area contributed by atoms with Crippen molar-refractivity contribution in [2.75, 3.05) is 0 Å². The summed E-state index contributed by atoms with van der Waals surface area (Å²) in [5, 5.41) is 0. The Balaban J connectivity index is 2.02. The van der Waals surface area contributed by atoms with Crippen LogP contribution in [0.25, 0.3) is 0 Å². The van der Waals surface area contributed by atoms with Crippen LogP contribution in [-0.4, -0.2) is 4.57 Å². The molecule has 0 amide bonds. The number of aryl methyl sites for hydroxylation is 1. The highest BCUT2D eigenvalue weighted by atomic mass is 15.1. The molecule has 0 N–H and O–H groups in total. The van der Waals surface area contributed by atoms with Gasteiger partial charge >= 0.3 is 0 Å². The van der Waals surface area contributed by atoms with E-state index in [-0.39, 0.29) is 0 Å². The van der Waals surface area contributed by atoms with Crippen LogP contribution in [0.4, 0.5) is 0 Å². The predicted octanol–water partition coefficient (Wildman–Crippen LogP) is 4.92. The Hall–Kier alpha value is -1.57. The summed E-state index contributed by atoms with van der Waals surface area (Å²) >= 11 is 0. The Bertz CT molecular complexity index is 540. The number of hydrogen-bond acceptors (Lipinski definition) is 0. The molecule has 0 spiro atoms. The SMILES string of the molecule is CCCCCCC[n+]1ccn(Cc2ccccc2)c1C(C)C. The van der Waals surface area contributed by atoms with Gasteiger partial charge in [0.1, 0.15) is 18.9 Å². The largest absolute Gasteiger partial charge is 0.259 e. The van der Waals surface area contributed by atoms with E-state index in [9.17, 15) is 0 Å². The Kier molecular flexibility index (Phi) is 6.70. The molecule has 0 unspecified atom stereocenters. The average Bonchev–Trinajstić information content (AvgIpc) is 2.91. The molecule has 0 aliphatic carbocycles. The minimum absolute atomic E-state index is 0.550. The van der Waals surface area contributed by atoms with Gasteiger partial charge in [0.25, 0.3) is 5.82 Å². The molecule has 2 aromatic rings. The Morgan fingerprint density at radius 2 is 1.73 bits per heavy atom. The van der Waals surface area contributed by atoms with E-state index < -0.39 is 0 Å².